The Kier molecular flexibility index (Phi) is 4.87. The molecule has 0 radical (unpaired) electrons. The van der Waals surface area contributed by atoms with Gasteiger partial charge in [-0.2, -0.15) is 0 Å². The molecule has 7 heteroatoms. The summed E-state index contributed by atoms with van der Waals surface area (Å²) in [7, 11) is 3.61. The second-order valence-corrected chi connectivity index (χ2v) is 3.36. The molecule has 7 nitrogen and oxygen atoms in total. The Morgan fingerprint density at radius 3 is 2.11 bits per heavy atom. The summed E-state index contributed by atoms with van der Waals surface area (Å²) in [5.41, 5.74) is 0.378. The molecule has 0 atom stereocenters. The maximum atomic E-state index is 11.5. The maximum Gasteiger partial charge on any atom is 0.411 e. The summed E-state index contributed by atoms with van der Waals surface area (Å²) >= 11 is 0. The first-order valence-electron chi connectivity index (χ1n) is 5.19. The molecule has 1 amide bonds. The van der Waals surface area contributed by atoms with Crippen molar-refractivity contribution in [2.45, 2.75) is 0 Å². The van der Waals surface area contributed by atoms with Gasteiger partial charge in [-0.1, -0.05) is 0 Å². The van der Waals surface area contributed by atoms with Crippen LogP contribution in [0.3, 0.4) is 0 Å². The van der Waals surface area contributed by atoms with Crippen molar-refractivity contribution in [1.82, 2.24) is 0 Å². The SMILES string of the molecule is COC(=O)Nc1cc(C(=O)OC)ccc1C(=O)OC. The summed E-state index contributed by atoms with van der Waals surface area (Å²) in [5.74, 6) is -1.24. The second-order valence-electron chi connectivity index (χ2n) is 3.36. The molecule has 0 aliphatic carbocycles. The van der Waals surface area contributed by atoms with Crippen molar-refractivity contribution < 1.29 is 28.6 Å². The molecule has 19 heavy (non-hydrogen) atoms. The number of benzene rings is 1. The van der Waals surface area contributed by atoms with Gasteiger partial charge in [0.05, 0.1) is 38.1 Å². The van der Waals surface area contributed by atoms with E-state index in [0.717, 1.165) is 0 Å². The van der Waals surface area contributed by atoms with Gasteiger partial charge in [0.15, 0.2) is 0 Å². The number of hydrogen-bond acceptors (Lipinski definition) is 6. The van der Waals surface area contributed by atoms with Crippen LogP contribution in [0.5, 0.6) is 0 Å². The number of hydrogen-bond donors (Lipinski definition) is 1. The van der Waals surface area contributed by atoms with E-state index in [1.54, 1.807) is 0 Å². The zero-order valence-corrected chi connectivity index (χ0v) is 10.7. The lowest BCUT2D eigenvalue weighted by atomic mass is 10.1. The molecule has 0 saturated carbocycles. The van der Waals surface area contributed by atoms with Crippen LogP contribution in [0.4, 0.5) is 10.5 Å². The molecule has 1 rings (SSSR count). The largest absolute Gasteiger partial charge is 0.465 e. The lowest BCUT2D eigenvalue weighted by Gasteiger charge is -2.10. The van der Waals surface area contributed by atoms with Crippen molar-refractivity contribution in [3.8, 4) is 0 Å². The van der Waals surface area contributed by atoms with E-state index in [2.05, 4.69) is 19.5 Å². The Hall–Kier alpha value is -2.57. The van der Waals surface area contributed by atoms with E-state index in [-0.39, 0.29) is 16.8 Å². The van der Waals surface area contributed by atoms with Crippen LogP contribution in [0.25, 0.3) is 0 Å². The molecule has 0 saturated heterocycles. The van der Waals surface area contributed by atoms with Gasteiger partial charge in [-0.25, -0.2) is 14.4 Å². The highest BCUT2D eigenvalue weighted by Crippen LogP contribution is 2.19. The minimum absolute atomic E-state index is 0.0977. The molecule has 0 unspecified atom stereocenters. The van der Waals surface area contributed by atoms with Gasteiger partial charge >= 0.3 is 18.0 Å². The molecule has 0 aliphatic rings. The van der Waals surface area contributed by atoms with Gasteiger partial charge in [0, 0.05) is 0 Å². The summed E-state index contributed by atoms with van der Waals surface area (Å²) in [4.78, 5) is 34.1. The predicted molar refractivity (Wildman–Crippen MR) is 65.1 cm³/mol. The number of ether oxygens (including phenoxy) is 3. The number of carbonyl (C=O) groups is 3. The van der Waals surface area contributed by atoms with E-state index in [0.29, 0.717) is 0 Å². The maximum absolute atomic E-state index is 11.5. The number of carbonyl (C=O) groups excluding carboxylic acids is 3. The van der Waals surface area contributed by atoms with Gasteiger partial charge in [0.25, 0.3) is 0 Å². The second kappa shape index (κ2) is 6.39. The minimum Gasteiger partial charge on any atom is -0.465 e. The van der Waals surface area contributed by atoms with Crippen molar-refractivity contribution in [1.29, 1.82) is 0 Å². The summed E-state index contributed by atoms with van der Waals surface area (Å²) in [6, 6.07) is 4.04. The van der Waals surface area contributed by atoms with Crippen LogP contribution in [0.15, 0.2) is 18.2 Å². The molecule has 0 aromatic heterocycles. The van der Waals surface area contributed by atoms with E-state index in [4.69, 9.17) is 0 Å². The number of methoxy groups -OCH3 is 3. The molecule has 1 aromatic carbocycles. The molecule has 0 bridgehead atoms. The average molecular weight is 267 g/mol. The average Bonchev–Trinajstić information content (AvgIpc) is 2.45. The lowest BCUT2D eigenvalue weighted by molar-refractivity contribution is 0.0587. The number of nitrogens with one attached hydrogen (secondary N) is 1. The smallest absolute Gasteiger partial charge is 0.411 e. The van der Waals surface area contributed by atoms with E-state index >= 15 is 0 Å². The number of rotatable bonds is 3. The number of anilines is 1. The van der Waals surface area contributed by atoms with Crippen molar-refractivity contribution >= 4 is 23.7 Å². The van der Waals surface area contributed by atoms with Gasteiger partial charge in [-0.15, -0.1) is 0 Å². The molecule has 102 valence electrons. The molecule has 0 aliphatic heterocycles. The van der Waals surface area contributed by atoms with Crippen molar-refractivity contribution in [3.63, 3.8) is 0 Å². The summed E-state index contributed by atoms with van der Waals surface area (Å²) < 4.78 is 13.6. The first kappa shape index (κ1) is 14.5. The predicted octanol–water partition coefficient (Wildman–Crippen LogP) is 1.44. The van der Waals surface area contributed by atoms with Crippen LogP contribution in [-0.2, 0) is 14.2 Å². The Labute approximate surface area is 109 Å². The number of amides is 1. The fraction of sp³-hybridized carbons (Fsp3) is 0.250. The standard InChI is InChI=1S/C12H13NO6/c1-17-10(14)7-4-5-8(11(15)18-2)9(6-7)13-12(16)19-3/h4-6H,1-3H3,(H,13,16). The van der Waals surface area contributed by atoms with E-state index in [9.17, 15) is 14.4 Å². The normalized spacial score (nSPS) is 9.42. The van der Waals surface area contributed by atoms with Crippen LogP contribution in [-0.4, -0.2) is 39.4 Å². The molecule has 1 N–H and O–H groups in total. The van der Waals surface area contributed by atoms with Crippen LogP contribution in [0.2, 0.25) is 0 Å². The van der Waals surface area contributed by atoms with Crippen LogP contribution in [0, 0.1) is 0 Å². The summed E-state index contributed by atoms with van der Waals surface area (Å²) in [6.07, 6.45) is -0.771. The van der Waals surface area contributed by atoms with Crippen LogP contribution in [0.1, 0.15) is 20.7 Å². The Morgan fingerprint density at radius 1 is 0.947 bits per heavy atom. The van der Waals surface area contributed by atoms with Crippen molar-refractivity contribution in [3.05, 3.63) is 29.3 Å². The zero-order valence-electron chi connectivity index (χ0n) is 10.7. The van der Waals surface area contributed by atoms with Crippen molar-refractivity contribution in [2.75, 3.05) is 26.6 Å². The first-order valence-corrected chi connectivity index (χ1v) is 5.19. The van der Waals surface area contributed by atoms with Crippen LogP contribution >= 0.6 is 0 Å². The third-order valence-corrected chi connectivity index (χ3v) is 2.27. The lowest BCUT2D eigenvalue weighted by Crippen LogP contribution is -2.16. The van der Waals surface area contributed by atoms with Gasteiger partial charge < -0.3 is 14.2 Å². The Balaban J connectivity index is 3.21. The topological polar surface area (TPSA) is 90.9 Å². The molecule has 0 fully saturated rings. The molecular formula is C12H13NO6. The zero-order chi connectivity index (χ0) is 14.4. The monoisotopic (exact) mass is 267 g/mol. The fourth-order valence-electron chi connectivity index (χ4n) is 1.34. The summed E-state index contributed by atoms with van der Waals surface area (Å²) in [5, 5.41) is 2.33. The van der Waals surface area contributed by atoms with Gasteiger partial charge in [0.2, 0.25) is 0 Å². The Morgan fingerprint density at radius 2 is 1.58 bits per heavy atom. The third kappa shape index (κ3) is 3.44. The van der Waals surface area contributed by atoms with Crippen molar-refractivity contribution in [2.24, 2.45) is 0 Å². The highest BCUT2D eigenvalue weighted by molar-refractivity contribution is 6.02. The fourth-order valence-corrected chi connectivity index (χ4v) is 1.34. The van der Waals surface area contributed by atoms with Crippen LogP contribution < -0.4 is 5.32 Å². The Bertz CT molecular complexity index is 511. The van der Waals surface area contributed by atoms with E-state index < -0.39 is 18.0 Å². The quantitative estimate of drug-likeness (QED) is 0.658. The number of esters is 2. The van der Waals surface area contributed by atoms with Gasteiger partial charge in [-0.05, 0) is 18.2 Å². The molecular weight excluding hydrogens is 254 g/mol. The van der Waals surface area contributed by atoms with E-state index in [1.807, 2.05) is 0 Å². The molecule has 0 spiro atoms. The molecule has 0 heterocycles. The highest BCUT2D eigenvalue weighted by Gasteiger charge is 2.17. The van der Waals surface area contributed by atoms with Gasteiger partial charge in [0.1, 0.15) is 0 Å². The van der Waals surface area contributed by atoms with E-state index in [1.165, 1.54) is 39.5 Å². The third-order valence-electron chi connectivity index (χ3n) is 2.27. The summed E-state index contributed by atoms with van der Waals surface area (Å²) in [6.45, 7) is 0. The molecule has 1 aromatic rings. The van der Waals surface area contributed by atoms with Gasteiger partial charge in [-0.3, -0.25) is 5.32 Å². The first-order chi connectivity index (χ1) is 9.03. The highest BCUT2D eigenvalue weighted by atomic mass is 16.5. The minimum atomic E-state index is -0.771.